The number of hydrazone groups is 1. The monoisotopic (exact) mass is 410 g/mol. The van der Waals surface area contributed by atoms with Crippen molar-refractivity contribution in [3.8, 4) is 5.75 Å². The van der Waals surface area contributed by atoms with Crippen LogP contribution in [0.3, 0.4) is 0 Å². The Morgan fingerprint density at radius 2 is 1.59 bits per heavy atom. The number of nitrogens with zero attached hydrogens (tertiary/aromatic N) is 3. The number of carboxylic acid groups (broad SMARTS) is 1. The van der Waals surface area contributed by atoms with E-state index in [1.807, 2.05) is 54.6 Å². The SMILES string of the molecule is CC(=O)[O-].[Cu+2].[O-]c1ccccc1/C=N/N(c1ccccc1)c1ccccn1. The number of aliphatic carboxylic acids is 1. The quantitative estimate of drug-likeness (QED) is 0.373. The van der Waals surface area contributed by atoms with Crippen molar-refractivity contribution in [1.29, 1.82) is 0 Å². The summed E-state index contributed by atoms with van der Waals surface area (Å²) in [5.74, 6) is -0.450. The molecule has 0 amide bonds. The van der Waals surface area contributed by atoms with Crippen molar-refractivity contribution in [1.82, 2.24) is 4.98 Å². The van der Waals surface area contributed by atoms with E-state index < -0.39 is 5.97 Å². The molecule has 0 spiro atoms. The van der Waals surface area contributed by atoms with Crippen LogP contribution in [0.2, 0.25) is 0 Å². The van der Waals surface area contributed by atoms with Gasteiger partial charge in [-0.05, 0) is 36.8 Å². The normalized spacial score (nSPS) is 9.67. The Bertz CT molecular complexity index is 815. The second-order valence-electron chi connectivity index (χ2n) is 5.11. The summed E-state index contributed by atoms with van der Waals surface area (Å²) < 4.78 is 0. The van der Waals surface area contributed by atoms with E-state index in [9.17, 15) is 5.11 Å². The van der Waals surface area contributed by atoms with Gasteiger partial charge in [0.25, 0.3) is 0 Å². The van der Waals surface area contributed by atoms with Gasteiger partial charge < -0.3 is 15.0 Å². The van der Waals surface area contributed by atoms with Crippen LogP contribution in [0, 0.1) is 0 Å². The van der Waals surface area contributed by atoms with E-state index in [0.717, 1.165) is 12.6 Å². The zero-order valence-corrected chi connectivity index (χ0v) is 15.4. The molecule has 0 fully saturated rings. The first-order valence-corrected chi connectivity index (χ1v) is 7.81. The van der Waals surface area contributed by atoms with Crippen LogP contribution in [0.5, 0.6) is 5.75 Å². The van der Waals surface area contributed by atoms with E-state index in [4.69, 9.17) is 9.90 Å². The number of rotatable bonds is 4. The van der Waals surface area contributed by atoms with Gasteiger partial charge >= 0.3 is 17.1 Å². The number of carbonyl (C=O) groups excluding carboxylic acids is 1. The Labute approximate surface area is 168 Å². The molecule has 1 aromatic heterocycles. The van der Waals surface area contributed by atoms with E-state index in [1.54, 1.807) is 29.6 Å². The molecule has 2 aromatic carbocycles. The summed E-state index contributed by atoms with van der Waals surface area (Å²) >= 11 is 0. The van der Waals surface area contributed by atoms with Crippen molar-refractivity contribution in [2.75, 3.05) is 5.01 Å². The van der Waals surface area contributed by atoms with Crippen molar-refractivity contribution < 1.29 is 32.1 Å². The molecule has 3 rings (SSSR count). The average molecular weight is 411 g/mol. The third kappa shape index (κ3) is 7.31. The molecule has 141 valence electrons. The fraction of sp³-hybridized carbons (Fsp3) is 0.0500. The van der Waals surface area contributed by atoms with Crippen molar-refractivity contribution >= 4 is 23.7 Å². The largest absolute Gasteiger partial charge is 2.00 e. The number of hydrogen-bond donors (Lipinski definition) is 0. The van der Waals surface area contributed by atoms with Gasteiger partial charge in [0.1, 0.15) is 0 Å². The summed E-state index contributed by atoms with van der Waals surface area (Å²) in [4.78, 5) is 13.2. The Kier molecular flexibility index (Phi) is 9.29. The van der Waals surface area contributed by atoms with Gasteiger partial charge in [0.2, 0.25) is 0 Å². The number of carboxylic acids is 1. The summed E-state index contributed by atoms with van der Waals surface area (Å²) in [6.07, 6.45) is 3.27. The van der Waals surface area contributed by atoms with Crippen LogP contribution in [0.15, 0.2) is 84.1 Å². The van der Waals surface area contributed by atoms with Crippen LogP contribution < -0.4 is 15.2 Å². The van der Waals surface area contributed by atoms with Gasteiger partial charge in [0, 0.05) is 12.2 Å². The van der Waals surface area contributed by atoms with Crippen molar-refractivity contribution in [3.05, 3.63) is 84.6 Å². The molecule has 1 radical (unpaired) electrons. The molecule has 3 aromatic rings. The molecule has 0 aliphatic carbocycles. The Balaban J connectivity index is 0.000000666. The summed E-state index contributed by atoms with van der Waals surface area (Å²) in [6, 6.07) is 22.1. The number of benzene rings is 2. The van der Waals surface area contributed by atoms with Crippen LogP contribution in [-0.2, 0) is 21.9 Å². The van der Waals surface area contributed by atoms with Gasteiger partial charge in [-0.2, -0.15) is 5.10 Å². The number of aromatic nitrogens is 1. The minimum atomic E-state index is -1.08. The molecule has 0 saturated heterocycles. The number of para-hydroxylation sites is 2. The second kappa shape index (κ2) is 11.5. The number of pyridine rings is 1. The first-order chi connectivity index (χ1) is 12.6. The van der Waals surface area contributed by atoms with Gasteiger partial charge in [-0.1, -0.05) is 54.3 Å². The van der Waals surface area contributed by atoms with Gasteiger partial charge in [0.15, 0.2) is 5.82 Å². The summed E-state index contributed by atoms with van der Waals surface area (Å²) in [7, 11) is 0. The van der Waals surface area contributed by atoms with E-state index in [0.29, 0.717) is 11.4 Å². The topological polar surface area (TPSA) is 91.7 Å². The standard InChI is InChI=1S/C18H15N3O.C2H4O2.Cu/c22-17-11-5-4-8-15(17)14-20-21(16-9-2-1-3-10-16)18-12-6-7-13-19-18;1-2(3)4;/h1-14,22H;1H3,(H,3,4);/q;;+2/p-2/b20-14+;;. The van der Waals surface area contributed by atoms with Crippen LogP contribution in [0.4, 0.5) is 11.5 Å². The fourth-order valence-corrected chi connectivity index (χ4v) is 2.01. The van der Waals surface area contributed by atoms with Crippen molar-refractivity contribution in [2.24, 2.45) is 5.10 Å². The smallest absolute Gasteiger partial charge is 0.872 e. The third-order valence-corrected chi connectivity index (χ3v) is 3.10. The minimum absolute atomic E-state index is 0. The minimum Gasteiger partial charge on any atom is -0.872 e. The Hall–Kier alpha value is -3.15. The number of anilines is 2. The molecule has 7 heteroatoms. The second-order valence-corrected chi connectivity index (χ2v) is 5.11. The van der Waals surface area contributed by atoms with E-state index in [2.05, 4.69) is 10.1 Å². The molecule has 0 aliphatic heterocycles. The number of hydrogen-bond acceptors (Lipinski definition) is 6. The molecular weight excluding hydrogens is 394 g/mol. The predicted octanol–water partition coefficient (Wildman–Crippen LogP) is 2.08. The van der Waals surface area contributed by atoms with Crippen molar-refractivity contribution in [2.45, 2.75) is 6.92 Å². The van der Waals surface area contributed by atoms with E-state index in [1.165, 1.54) is 6.07 Å². The molecule has 1 heterocycles. The van der Waals surface area contributed by atoms with Crippen LogP contribution in [0.25, 0.3) is 0 Å². The molecular formula is C20H17CuN3O3. The van der Waals surface area contributed by atoms with Gasteiger partial charge in [-0.15, -0.1) is 0 Å². The van der Waals surface area contributed by atoms with Crippen LogP contribution >= 0.6 is 0 Å². The maximum atomic E-state index is 11.8. The zero-order chi connectivity index (χ0) is 18.8. The average Bonchev–Trinajstić information content (AvgIpc) is 2.65. The summed E-state index contributed by atoms with van der Waals surface area (Å²) in [5.41, 5.74) is 1.42. The molecule has 0 unspecified atom stereocenters. The van der Waals surface area contributed by atoms with Crippen LogP contribution in [-0.4, -0.2) is 17.2 Å². The maximum Gasteiger partial charge on any atom is 2.00 e. The van der Waals surface area contributed by atoms with Crippen LogP contribution in [0.1, 0.15) is 12.5 Å². The first kappa shape index (κ1) is 21.9. The van der Waals surface area contributed by atoms with Gasteiger partial charge in [0.05, 0.1) is 11.9 Å². The summed E-state index contributed by atoms with van der Waals surface area (Å²) in [6.45, 7) is 0.972. The molecule has 0 atom stereocenters. The van der Waals surface area contributed by atoms with Gasteiger partial charge in [-0.3, -0.25) is 0 Å². The van der Waals surface area contributed by atoms with Crippen molar-refractivity contribution in [3.63, 3.8) is 0 Å². The van der Waals surface area contributed by atoms with Gasteiger partial charge in [-0.25, -0.2) is 9.99 Å². The zero-order valence-electron chi connectivity index (χ0n) is 14.5. The van der Waals surface area contributed by atoms with E-state index >= 15 is 0 Å². The Morgan fingerprint density at radius 3 is 2.19 bits per heavy atom. The number of carbonyl (C=O) groups is 1. The molecule has 0 aliphatic rings. The molecule has 0 saturated carbocycles. The van der Waals surface area contributed by atoms with E-state index in [-0.39, 0.29) is 22.8 Å². The summed E-state index contributed by atoms with van der Waals surface area (Å²) in [5, 5.41) is 26.8. The predicted molar refractivity (Wildman–Crippen MR) is 97.0 cm³/mol. The molecule has 6 nitrogen and oxygen atoms in total. The molecule has 0 N–H and O–H groups in total. The first-order valence-electron chi connectivity index (χ1n) is 7.81. The molecule has 0 bridgehead atoms. The Morgan fingerprint density at radius 1 is 1.00 bits per heavy atom. The maximum absolute atomic E-state index is 11.8. The molecule has 27 heavy (non-hydrogen) atoms. The third-order valence-electron chi connectivity index (χ3n) is 3.10. The fourth-order valence-electron chi connectivity index (χ4n) is 2.01.